The third-order valence-electron chi connectivity index (χ3n) is 6.12. The van der Waals surface area contributed by atoms with E-state index in [2.05, 4.69) is 5.32 Å². The minimum Gasteiger partial charge on any atom is -0.355 e. The van der Waals surface area contributed by atoms with Crippen molar-refractivity contribution < 1.29 is 22.4 Å². The Hall–Kier alpha value is -3.72. The molecular formula is C28H32FN3O4S. The van der Waals surface area contributed by atoms with Gasteiger partial charge in [-0.05, 0) is 75.2 Å². The van der Waals surface area contributed by atoms with Gasteiger partial charge in [0.1, 0.15) is 18.4 Å². The Morgan fingerprint density at radius 1 is 0.946 bits per heavy atom. The van der Waals surface area contributed by atoms with Gasteiger partial charge in [-0.1, -0.05) is 42.0 Å². The lowest BCUT2D eigenvalue weighted by Gasteiger charge is -2.32. The van der Waals surface area contributed by atoms with Crippen LogP contribution >= 0.6 is 0 Å². The molecule has 0 unspecified atom stereocenters. The lowest BCUT2D eigenvalue weighted by atomic mass is 10.1. The number of sulfonamides is 1. The monoisotopic (exact) mass is 525 g/mol. The van der Waals surface area contributed by atoms with Gasteiger partial charge in [-0.15, -0.1) is 0 Å². The predicted octanol–water partition coefficient (Wildman–Crippen LogP) is 4.19. The average Bonchev–Trinajstić information content (AvgIpc) is 2.87. The van der Waals surface area contributed by atoms with Crippen molar-refractivity contribution >= 4 is 27.5 Å². The molecule has 0 aliphatic rings. The topological polar surface area (TPSA) is 86.8 Å². The summed E-state index contributed by atoms with van der Waals surface area (Å²) in [4.78, 5) is 27.9. The van der Waals surface area contributed by atoms with Crippen molar-refractivity contribution in [3.05, 3.63) is 95.3 Å². The Labute approximate surface area is 218 Å². The molecule has 9 heteroatoms. The number of carbonyl (C=O) groups is 2. The van der Waals surface area contributed by atoms with Gasteiger partial charge in [0, 0.05) is 13.1 Å². The number of carbonyl (C=O) groups excluding carboxylic acids is 2. The van der Waals surface area contributed by atoms with Crippen molar-refractivity contribution in [2.45, 2.75) is 45.2 Å². The van der Waals surface area contributed by atoms with Crippen molar-refractivity contribution in [3.8, 4) is 0 Å². The van der Waals surface area contributed by atoms with Crippen LogP contribution in [0.5, 0.6) is 0 Å². The summed E-state index contributed by atoms with van der Waals surface area (Å²) in [5.41, 5.74) is 2.79. The number of nitrogens with zero attached hydrogens (tertiary/aromatic N) is 2. The molecule has 37 heavy (non-hydrogen) atoms. The molecule has 3 aromatic rings. The first-order valence-electron chi connectivity index (χ1n) is 12.0. The molecule has 0 fully saturated rings. The molecule has 2 amide bonds. The van der Waals surface area contributed by atoms with Crippen LogP contribution in [-0.4, -0.2) is 44.3 Å². The van der Waals surface area contributed by atoms with Crippen LogP contribution in [0.4, 0.5) is 10.1 Å². The molecule has 0 aliphatic heterocycles. The standard InChI is InChI=1S/C28H32FN3O4S/c1-5-30-28(34)22(4)31(18-23-9-7-6-8-21(23)3)27(33)19-32(25-14-12-24(29)13-15-25)37(35,36)26-16-10-20(2)11-17-26/h6-17,22H,5,18-19H2,1-4H3,(H,30,34)/t22-/m0/s1. The van der Waals surface area contributed by atoms with Crippen LogP contribution in [0.3, 0.4) is 0 Å². The van der Waals surface area contributed by atoms with E-state index in [1.54, 1.807) is 26.0 Å². The normalized spacial score (nSPS) is 12.0. The highest BCUT2D eigenvalue weighted by Gasteiger charge is 2.32. The first-order valence-corrected chi connectivity index (χ1v) is 13.4. The van der Waals surface area contributed by atoms with Gasteiger partial charge >= 0.3 is 0 Å². The Kier molecular flexibility index (Phi) is 9.04. The van der Waals surface area contributed by atoms with Gasteiger partial charge < -0.3 is 10.2 Å². The summed E-state index contributed by atoms with van der Waals surface area (Å²) in [7, 11) is -4.19. The van der Waals surface area contributed by atoms with Crippen LogP contribution in [-0.2, 0) is 26.2 Å². The molecule has 0 saturated heterocycles. The highest BCUT2D eigenvalue weighted by atomic mass is 32.2. The molecule has 0 aromatic heterocycles. The molecule has 1 N–H and O–H groups in total. The van der Waals surface area contributed by atoms with Gasteiger partial charge in [0.2, 0.25) is 11.8 Å². The summed E-state index contributed by atoms with van der Waals surface area (Å²) in [5.74, 6) is -1.45. The summed E-state index contributed by atoms with van der Waals surface area (Å²) < 4.78 is 42.0. The minimum atomic E-state index is -4.19. The molecule has 0 saturated carbocycles. The lowest BCUT2D eigenvalue weighted by molar-refractivity contribution is -0.139. The average molecular weight is 526 g/mol. The number of benzene rings is 3. The molecule has 196 valence electrons. The van der Waals surface area contributed by atoms with Gasteiger partial charge in [0.15, 0.2) is 0 Å². The molecular weight excluding hydrogens is 493 g/mol. The maximum atomic E-state index is 13.8. The summed E-state index contributed by atoms with van der Waals surface area (Å²) in [5, 5.41) is 2.73. The van der Waals surface area contributed by atoms with E-state index in [1.807, 2.05) is 38.1 Å². The van der Waals surface area contributed by atoms with Crippen LogP contribution in [0.2, 0.25) is 0 Å². The fourth-order valence-corrected chi connectivity index (χ4v) is 5.26. The smallest absolute Gasteiger partial charge is 0.264 e. The van der Waals surface area contributed by atoms with Gasteiger partial charge in [0.05, 0.1) is 10.6 Å². The number of aryl methyl sites for hydroxylation is 2. The van der Waals surface area contributed by atoms with E-state index in [-0.39, 0.29) is 23.0 Å². The van der Waals surface area contributed by atoms with E-state index in [0.717, 1.165) is 33.1 Å². The van der Waals surface area contributed by atoms with Gasteiger partial charge in [0.25, 0.3) is 10.0 Å². The molecule has 7 nitrogen and oxygen atoms in total. The number of hydrogen-bond donors (Lipinski definition) is 1. The largest absolute Gasteiger partial charge is 0.355 e. The van der Waals surface area contributed by atoms with Crippen LogP contribution in [0.25, 0.3) is 0 Å². The van der Waals surface area contributed by atoms with Crippen LogP contribution in [0, 0.1) is 19.7 Å². The summed E-state index contributed by atoms with van der Waals surface area (Å²) in [6, 6.07) is 17.8. The number of likely N-dealkylation sites (N-methyl/N-ethyl adjacent to an activating group) is 1. The quantitative estimate of drug-likeness (QED) is 0.430. The number of halogens is 1. The minimum absolute atomic E-state index is 0.00236. The SMILES string of the molecule is CCNC(=O)[C@H](C)N(Cc1ccccc1C)C(=O)CN(c1ccc(F)cc1)S(=O)(=O)c1ccc(C)cc1. The zero-order valence-corrected chi connectivity index (χ0v) is 22.3. The first kappa shape index (κ1) is 27.9. The fraction of sp³-hybridized carbons (Fsp3) is 0.286. The van der Waals surface area contributed by atoms with Gasteiger partial charge in [-0.3, -0.25) is 13.9 Å². The van der Waals surface area contributed by atoms with Crippen LogP contribution in [0.15, 0.2) is 77.7 Å². The van der Waals surface area contributed by atoms with Crippen LogP contribution in [0.1, 0.15) is 30.5 Å². The van der Waals surface area contributed by atoms with Crippen LogP contribution < -0.4 is 9.62 Å². The number of hydrogen-bond acceptors (Lipinski definition) is 4. The first-order chi connectivity index (χ1) is 17.5. The van der Waals surface area contributed by atoms with Gasteiger partial charge in [-0.25, -0.2) is 12.8 Å². The third kappa shape index (κ3) is 6.74. The second kappa shape index (κ2) is 12.0. The molecule has 0 radical (unpaired) electrons. The van der Waals surface area contributed by atoms with E-state index >= 15 is 0 Å². The number of amides is 2. The molecule has 0 heterocycles. The van der Waals surface area contributed by atoms with E-state index in [0.29, 0.717) is 6.54 Å². The Morgan fingerprint density at radius 3 is 2.16 bits per heavy atom. The lowest BCUT2D eigenvalue weighted by Crippen LogP contribution is -2.51. The maximum Gasteiger partial charge on any atom is 0.264 e. The van der Waals surface area contributed by atoms with Crippen molar-refractivity contribution in [1.29, 1.82) is 0 Å². The molecule has 3 aromatic carbocycles. The molecule has 0 aliphatic carbocycles. The Morgan fingerprint density at radius 2 is 1.57 bits per heavy atom. The number of rotatable bonds is 10. The fourth-order valence-electron chi connectivity index (χ4n) is 3.85. The molecule has 3 rings (SSSR count). The zero-order chi connectivity index (χ0) is 27.2. The van der Waals surface area contributed by atoms with Gasteiger partial charge in [-0.2, -0.15) is 0 Å². The van der Waals surface area contributed by atoms with E-state index in [9.17, 15) is 22.4 Å². The Bertz CT molecular complexity index is 1340. The predicted molar refractivity (Wildman–Crippen MR) is 142 cm³/mol. The van der Waals surface area contributed by atoms with Crippen molar-refractivity contribution in [2.24, 2.45) is 0 Å². The maximum absolute atomic E-state index is 13.8. The van der Waals surface area contributed by atoms with Crippen molar-refractivity contribution in [2.75, 3.05) is 17.4 Å². The third-order valence-corrected chi connectivity index (χ3v) is 7.91. The second-order valence-electron chi connectivity index (χ2n) is 8.82. The highest BCUT2D eigenvalue weighted by molar-refractivity contribution is 7.92. The van der Waals surface area contributed by atoms with E-state index < -0.39 is 34.3 Å². The highest BCUT2D eigenvalue weighted by Crippen LogP contribution is 2.25. The van der Waals surface area contributed by atoms with E-state index in [1.165, 1.54) is 29.2 Å². The summed E-state index contributed by atoms with van der Waals surface area (Å²) in [6.07, 6.45) is 0. The molecule has 0 bridgehead atoms. The Balaban J connectivity index is 2.03. The number of anilines is 1. The second-order valence-corrected chi connectivity index (χ2v) is 10.7. The summed E-state index contributed by atoms with van der Waals surface area (Å²) in [6.45, 7) is 7.06. The number of nitrogens with one attached hydrogen (secondary N) is 1. The van der Waals surface area contributed by atoms with Crippen molar-refractivity contribution in [3.63, 3.8) is 0 Å². The van der Waals surface area contributed by atoms with E-state index in [4.69, 9.17) is 0 Å². The summed E-state index contributed by atoms with van der Waals surface area (Å²) >= 11 is 0. The molecule has 1 atom stereocenters. The van der Waals surface area contributed by atoms with Crippen molar-refractivity contribution in [1.82, 2.24) is 10.2 Å². The zero-order valence-electron chi connectivity index (χ0n) is 21.4. The molecule has 0 spiro atoms.